The van der Waals surface area contributed by atoms with Gasteiger partial charge in [-0.05, 0) is 128 Å². The van der Waals surface area contributed by atoms with E-state index in [0.717, 1.165) is 54.5 Å². The van der Waals surface area contributed by atoms with E-state index in [1.54, 1.807) is 13.2 Å². The Hall–Kier alpha value is -4.67. The Balaban J connectivity index is 1.18. The fourth-order valence-corrected chi connectivity index (χ4v) is 11.1. The number of aromatic nitrogens is 3. The second kappa shape index (κ2) is 17.6. The molecule has 12 nitrogen and oxygen atoms in total. The number of nitrogens with zero attached hydrogens (tertiary/aromatic N) is 4. The SMILES string of the molecule is COC(=O)C1(N(C(=O)C(F)(F)F)c2cccc(Cl)c2)CCC2(CC1)c1cc(OCCNS(=O)(=O)c3cnn(C)c3)ccc1C[C@@H]2C[C@@H](C)COc1ccnc2c1[C@H](C)CCC2. The zero-order chi connectivity index (χ0) is 43.7. The van der Waals surface area contributed by atoms with E-state index < -0.39 is 39.0 Å². The van der Waals surface area contributed by atoms with Gasteiger partial charge in [0, 0.05) is 48.0 Å². The van der Waals surface area contributed by atoms with E-state index in [9.17, 15) is 31.2 Å². The molecule has 1 spiro atoms. The molecule has 328 valence electrons. The van der Waals surface area contributed by atoms with Gasteiger partial charge >= 0.3 is 18.1 Å². The Morgan fingerprint density at radius 2 is 1.87 bits per heavy atom. The lowest BCUT2D eigenvalue weighted by Gasteiger charge is -2.51. The lowest BCUT2D eigenvalue weighted by Crippen LogP contribution is -2.63. The molecular formula is C44H51ClF3N5O7S. The van der Waals surface area contributed by atoms with Gasteiger partial charge in [0.05, 0.1) is 19.9 Å². The van der Waals surface area contributed by atoms with Crippen molar-refractivity contribution in [3.8, 4) is 11.5 Å². The van der Waals surface area contributed by atoms with E-state index >= 15 is 0 Å². The third kappa shape index (κ3) is 8.99. The number of carbonyl (C=O) groups excluding carboxylic acids is 2. The van der Waals surface area contributed by atoms with E-state index in [4.69, 9.17) is 25.8 Å². The number of hydrogen-bond donors (Lipinski definition) is 1. The first-order chi connectivity index (χ1) is 29.0. The van der Waals surface area contributed by atoms with Crippen molar-refractivity contribution in [1.29, 1.82) is 0 Å². The molecular weight excluding hydrogens is 835 g/mol. The zero-order valence-electron chi connectivity index (χ0n) is 34.6. The summed E-state index contributed by atoms with van der Waals surface area (Å²) < 4.78 is 90.7. The summed E-state index contributed by atoms with van der Waals surface area (Å²) in [6.07, 6.45) is 3.81. The second-order valence-electron chi connectivity index (χ2n) is 16.7. The molecule has 0 aliphatic heterocycles. The molecule has 61 heavy (non-hydrogen) atoms. The fraction of sp³-hybridized carbons (Fsp3) is 0.500. The predicted molar refractivity (Wildman–Crippen MR) is 222 cm³/mol. The van der Waals surface area contributed by atoms with Crippen molar-refractivity contribution in [2.24, 2.45) is 18.9 Å². The molecule has 0 unspecified atom stereocenters. The van der Waals surface area contributed by atoms with Crippen LogP contribution in [-0.4, -0.2) is 73.6 Å². The highest BCUT2D eigenvalue weighted by Crippen LogP contribution is 2.58. The molecule has 3 aliphatic carbocycles. The molecule has 1 fully saturated rings. The molecule has 7 rings (SSSR count). The van der Waals surface area contributed by atoms with E-state index in [2.05, 4.69) is 28.7 Å². The summed E-state index contributed by atoms with van der Waals surface area (Å²) in [7, 11) is -1.08. The number of aryl methyl sites for hydroxylation is 2. The van der Waals surface area contributed by atoms with Crippen LogP contribution in [0.15, 0.2) is 72.0 Å². The van der Waals surface area contributed by atoms with Crippen LogP contribution in [0, 0.1) is 11.8 Å². The minimum absolute atomic E-state index is 0.0125. The Labute approximate surface area is 359 Å². The molecule has 2 heterocycles. The van der Waals surface area contributed by atoms with Crippen LogP contribution in [0.3, 0.4) is 0 Å². The number of alkyl halides is 3. The maximum absolute atomic E-state index is 14.5. The van der Waals surface area contributed by atoms with Crippen molar-refractivity contribution in [3.63, 3.8) is 0 Å². The average Bonchev–Trinajstić information content (AvgIpc) is 3.80. The number of nitrogens with one attached hydrogen (secondary N) is 1. The Kier molecular flexibility index (Phi) is 12.8. The Bertz CT molecular complexity index is 2370. The van der Waals surface area contributed by atoms with Crippen LogP contribution in [-0.2, 0) is 49.7 Å². The van der Waals surface area contributed by atoms with E-state index in [1.807, 2.05) is 24.3 Å². The summed E-state index contributed by atoms with van der Waals surface area (Å²) in [4.78, 5) is 32.5. The van der Waals surface area contributed by atoms with Crippen LogP contribution < -0.4 is 19.1 Å². The molecule has 0 radical (unpaired) electrons. The molecule has 1 saturated carbocycles. The van der Waals surface area contributed by atoms with Gasteiger partial charge in [0.15, 0.2) is 0 Å². The summed E-state index contributed by atoms with van der Waals surface area (Å²) in [6, 6.07) is 13.2. The normalized spacial score (nSPS) is 22.9. The molecule has 3 atom stereocenters. The predicted octanol–water partition coefficient (Wildman–Crippen LogP) is 7.86. The Morgan fingerprint density at radius 3 is 2.56 bits per heavy atom. The molecule has 0 saturated heterocycles. The quantitative estimate of drug-likeness (QED) is 0.0990. The van der Waals surface area contributed by atoms with Crippen LogP contribution in [0.4, 0.5) is 18.9 Å². The minimum atomic E-state index is -5.30. The van der Waals surface area contributed by atoms with Gasteiger partial charge in [0.2, 0.25) is 10.0 Å². The molecule has 17 heteroatoms. The van der Waals surface area contributed by atoms with Crippen LogP contribution >= 0.6 is 11.6 Å². The van der Waals surface area contributed by atoms with E-state index in [-0.39, 0.29) is 66.3 Å². The topological polar surface area (TPSA) is 142 Å². The van der Waals surface area contributed by atoms with Gasteiger partial charge in [-0.1, -0.05) is 37.6 Å². The number of sulfonamides is 1. The van der Waals surface area contributed by atoms with Crippen LogP contribution in [0.25, 0.3) is 0 Å². The maximum atomic E-state index is 14.5. The summed E-state index contributed by atoms with van der Waals surface area (Å²) in [6.45, 7) is 4.75. The third-order valence-corrected chi connectivity index (χ3v) is 14.4. The van der Waals surface area contributed by atoms with Crippen LogP contribution in [0.2, 0.25) is 5.02 Å². The Morgan fingerprint density at radius 1 is 1.10 bits per heavy atom. The number of amides is 1. The first kappa shape index (κ1) is 44.4. The van der Waals surface area contributed by atoms with Crippen molar-refractivity contribution >= 4 is 39.2 Å². The summed E-state index contributed by atoms with van der Waals surface area (Å²) in [5, 5.41) is 4.03. The van der Waals surface area contributed by atoms with Gasteiger partial charge in [-0.2, -0.15) is 18.3 Å². The lowest BCUT2D eigenvalue weighted by atomic mass is 9.59. The number of benzene rings is 2. The number of rotatable bonds is 14. The van der Waals surface area contributed by atoms with E-state index in [1.165, 1.54) is 41.3 Å². The highest BCUT2D eigenvalue weighted by molar-refractivity contribution is 7.89. The number of carbonyl (C=O) groups is 2. The third-order valence-electron chi connectivity index (χ3n) is 12.8. The molecule has 2 aromatic carbocycles. The van der Waals surface area contributed by atoms with Crippen molar-refractivity contribution in [2.45, 2.75) is 99.6 Å². The molecule has 1 amide bonds. The first-order valence-electron chi connectivity index (χ1n) is 20.6. The van der Waals surface area contributed by atoms with Gasteiger partial charge in [-0.15, -0.1) is 0 Å². The summed E-state index contributed by atoms with van der Waals surface area (Å²) in [5.41, 5.74) is 1.45. The average molecular weight is 886 g/mol. The molecule has 4 aromatic rings. The first-order valence-corrected chi connectivity index (χ1v) is 22.4. The molecule has 0 bridgehead atoms. The van der Waals surface area contributed by atoms with Crippen molar-refractivity contribution in [1.82, 2.24) is 19.5 Å². The van der Waals surface area contributed by atoms with Crippen LogP contribution in [0.5, 0.6) is 11.5 Å². The number of pyridine rings is 1. The van der Waals surface area contributed by atoms with Crippen molar-refractivity contribution in [3.05, 3.63) is 94.5 Å². The summed E-state index contributed by atoms with van der Waals surface area (Å²) >= 11 is 6.25. The largest absolute Gasteiger partial charge is 0.493 e. The number of ether oxygens (including phenoxy) is 3. The number of anilines is 1. The van der Waals surface area contributed by atoms with Crippen molar-refractivity contribution < 1.29 is 45.4 Å². The summed E-state index contributed by atoms with van der Waals surface area (Å²) in [5.74, 6) is -1.42. The van der Waals surface area contributed by atoms with Gasteiger partial charge in [-0.25, -0.2) is 17.9 Å². The van der Waals surface area contributed by atoms with E-state index in [0.29, 0.717) is 36.0 Å². The number of fused-ring (bicyclic) bond motifs is 3. The monoisotopic (exact) mass is 885 g/mol. The maximum Gasteiger partial charge on any atom is 0.471 e. The number of methoxy groups -OCH3 is 1. The van der Waals surface area contributed by atoms with Gasteiger partial charge in [0.1, 0.15) is 28.5 Å². The number of halogens is 4. The second-order valence-corrected chi connectivity index (χ2v) is 18.9. The molecule has 2 aromatic heterocycles. The fourth-order valence-electron chi connectivity index (χ4n) is 9.89. The van der Waals surface area contributed by atoms with Gasteiger partial charge < -0.3 is 14.2 Å². The number of esters is 1. The highest BCUT2D eigenvalue weighted by Gasteiger charge is 2.60. The van der Waals surface area contributed by atoms with Gasteiger partial charge in [0.25, 0.3) is 0 Å². The van der Waals surface area contributed by atoms with Crippen LogP contribution in [0.1, 0.15) is 87.1 Å². The standard InChI is InChI=1S/C44H51ClF3N5O7S/c1-28(27-60-38-13-18-49-37-10-5-7-29(2)39(37)38)21-31-22-30-11-12-34(59-20-19-51-61(56,57)35-25-50-52(3)26-35)24-36(30)42(31)14-16-43(17-15-42,41(55)58-4)53(40(54)44(46,47)48)33-9-6-8-32(45)23-33/h6,8-9,11-13,18,23-26,28-29,31,51H,5,7,10,14-17,19-22,27H2,1-4H3/t28-,29-,31+,42?,43?/m1/s1. The molecule has 1 N–H and O–H groups in total. The smallest absolute Gasteiger partial charge is 0.471 e. The lowest BCUT2D eigenvalue weighted by molar-refractivity contribution is -0.174. The van der Waals surface area contributed by atoms with Gasteiger partial charge in [-0.3, -0.25) is 19.4 Å². The molecule has 3 aliphatic rings. The highest BCUT2D eigenvalue weighted by atomic mass is 35.5. The minimum Gasteiger partial charge on any atom is -0.493 e. The zero-order valence-corrected chi connectivity index (χ0v) is 36.2. The van der Waals surface area contributed by atoms with Crippen molar-refractivity contribution in [2.75, 3.05) is 31.8 Å². The number of hydrogen-bond acceptors (Lipinski definition) is 9.